The summed E-state index contributed by atoms with van der Waals surface area (Å²) in [5, 5.41) is 12.2. The third-order valence-corrected chi connectivity index (χ3v) is 1.73. The Morgan fingerprint density at radius 3 is 2.56 bits per heavy atom. The summed E-state index contributed by atoms with van der Waals surface area (Å²) in [4.78, 5) is 23.9. The Balaban J connectivity index is 2.78. The molecule has 0 aliphatic rings. The van der Waals surface area contributed by atoms with Gasteiger partial charge in [-0.15, -0.1) is 0 Å². The Morgan fingerprint density at radius 2 is 2.11 bits per heavy atom. The number of amides is 1. The zero-order valence-electron chi connectivity index (χ0n) is 8.69. The van der Waals surface area contributed by atoms with Crippen LogP contribution in [0.3, 0.4) is 0 Å². The lowest BCUT2D eigenvalue weighted by molar-refractivity contribution is -0.384. The number of nitro groups is 1. The largest absolute Gasteiger partial charge is 0.397 e. The Morgan fingerprint density at radius 1 is 1.50 bits per heavy atom. The molecule has 10 heteroatoms. The summed E-state index contributed by atoms with van der Waals surface area (Å²) in [5.41, 5.74) is 4.70. The third kappa shape index (κ3) is 3.88. The van der Waals surface area contributed by atoms with Gasteiger partial charge in [0, 0.05) is 6.07 Å². The quantitative estimate of drug-likeness (QED) is 0.634. The summed E-state index contributed by atoms with van der Waals surface area (Å²) >= 11 is 0. The standard InChI is InChI=1S/C8H7F3N4O3/c9-8(10,11)3-6(16)13-5-2-1-4(15(17)18)7(12)14-5/h1-2H,3H2,(H3,12,13,14,16). The first kappa shape index (κ1) is 13.7. The van der Waals surface area contributed by atoms with Crippen LogP contribution >= 0.6 is 0 Å². The predicted octanol–water partition coefficient (Wildman–Crippen LogP) is 1.46. The van der Waals surface area contributed by atoms with Gasteiger partial charge in [0.05, 0.1) is 4.92 Å². The van der Waals surface area contributed by atoms with Crippen molar-refractivity contribution in [2.75, 3.05) is 11.1 Å². The summed E-state index contributed by atoms with van der Waals surface area (Å²) in [6, 6.07) is 1.92. The van der Waals surface area contributed by atoms with Crippen molar-refractivity contribution in [3.05, 3.63) is 22.2 Å². The van der Waals surface area contributed by atoms with Crippen LogP contribution in [0.2, 0.25) is 0 Å². The van der Waals surface area contributed by atoms with Crippen LogP contribution in [0.5, 0.6) is 0 Å². The summed E-state index contributed by atoms with van der Waals surface area (Å²) in [5.74, 6) is -2.11. The van der Waals surface area contributed by atoms with E-state index in [1.54, 1.807) is 0 Å². The first-order valence-corrected chi connectivity index (χ1v) is 4.46. The van der Waals surface area contributed by atoms with Crippen molar-refractivity contribution in [3.63, 3.8) is 0 Å². The SMILES string of the molecule is Nc1nc(NC(=O)CC(F)(F)F)ccc1[N+](=O)[O-]. The molecule has 1 heterocycles. The fourth-order valence-electron chi connectivity index (χ4n) is 1.06. The minimum atomic E-state index is -4.64. The molecule has 0 aromatic carbocycles. The zero-order valence-corrected chi connectivity index (χ0v) is 8.69. The Bertz CT molecular complexity index is 489. The van der Waals surface area contributed by atoms with E-state index in [9.17, 15) is 28.1 Å². The van der Waals surface area contributed by atoms with Crippen LogP contribution in [0, 0.1) is 10.1 Å². The average Bonchev–Trinajstić information content (AvgIpc) is 2.13. The lowest BCUT2D eigenvalue weighted by Crippen LogP contribution is -2.21. The maximum atomic E-state index is 11.9. The highest BCUT2D eigenvalue weighted by molar-refractivity contribution is 5.90. The molecule has 0 spiro atoms. The molecule has 0 aliphatic carbocycles. The lowest BCUT2D eigenvalue weighted by atomic mass is 10.3. The van der Waals surface area contributed by atoms with Gasteiger partial charge in [0.25, 0.3) is 0 Å². The maximum absolute atomic E-state index is 11.9. The highest BCUT2D eigenvalue weighted by atomic mass is 19.4. The second-order valence-electron chi connectivity index (χ2n) is 3.20. The second kappa shape index (κ2) is 4.85. The smallest absolute Gasteiger partial charge is 0.378 e. The molecule has 1 aromatic rings. The van der Waals surface area contributed by atoms with E-state index in [0.29, 0.717) is 0 Å². The van der Waals surface area contributed by atoms with E-state index in [-0.39, 0.29) is 5.82 Å². The molecule has 0 atom stereocenters. The summed E-state index contributed by atoms with van der Waals surface area (Å²) in [6.07, 6.45) is -6.32. The number of carbonyl (C=O) groups is 1. The van der Waals surface area contributed by atoms with Gasteiger partial charge in [-0.25, -0.2) is 4.98 Å². The van der Waals surface area contributed by atoms with Gasteiger partial charge in [0.2, 0.25) is 11.7 Å². The van der Waals surface area contributed by atoms with E-state index in [0.717, 1.165) is 12.1 Å². The number of pyridine rings is 1. The number of hydrogen-bond donors (Lipinski definition) is 2. The van der Waals surface area contributed by atoms with E-state index in [1.807, 2.05) is 5.32 Å². The minimum absolute atomic E-state index is 0.285. The van der Waals surface area contributed by atoms with Gasteiger partial charge < -0.3 is 11.1 Å². The molecule has 3 N–H and O–H groups in total. The van der Waals surface area contributed by atoms with Gasteiger partial charge in [0.15, 0.2) is 0 Å². The molecule has 7 nitrogen and oxygen atoms in total. The Hall–Kier alpha value is -2.39. The number of nitrogens with one attached hydrogen (secondary N) is 1. The van der Waals surface area contributed by atoms with Gasteiger partial charge in [-0.05, 0) is 6.07 Å². The van der Waals surface area contributed by atoms with Crippen molar-refractivity contribution >= 4 is 23.2 Å². The van der Waals surface area contributed by atoms with Crippen LogP contribution in [0.1, 0.15) is 6.42 Å². The molecule has 18 heavy (non-hydrogen) atoms. The van der Waals surface area contributed by atoms with Crippen molar-refractivity contribution in [2.45, 2.75) is 12.6 Å². The van der Waals surface area contributed by atoms with E-state index in [1.165, 1.54) is 0 Å². The van der Waals surface area contributed by atoms with Crippen LogP contribution < -0.4 is 11.1 Å². The van der Waals surface area contributed by atoms with Gasteiger partial charge in [-0.1, -0.05) is 0 Å². The molecular formula is C8H7F3N4O3. The van der Waals surface area contributed by atoms with Crippen molar-refractivity contribution < 1.29 is 22.9 Å². The molecule has 0 bridgehead atoms. The van der Waals surface area contributed by atoms with Crippen LogP contribution in [0.4, 0.5) is 30.5 Å². The second-order valence-corrected chi connectivity index (χ2v) is 3.20. The van der Waals surface area contributed by atoms with E-state index in [4.69, 9.17) is 5.73 Å². The van der Waals surface area contributed by atoms with Crippen molar-refractivity contribution in [1.82, 2.24) is 4.98 Å². The normalized spacial score (nSPS) is 11.1. The molecule has 0 fully saturated rings. The number of carbonyl (C=O) groups excluding carboxylic acids is 1. The first-order valence-electron chi connectivity index (χ1n) is 4.46. The highest BCUT2D eigenvalue weighted by Crippen LogP contribution is 2.22. The number of nitrogens with zero attached hydrogens (tertiary/aromatic N) is 2. The van der Waals surface area contributed by atoms with Gasteiger partial charge in [-0.2, -0.15) is 13.2 Å². The summed E-state index contributed by atoms with van der Waals surface area (Å²) in [6.45, 7) is 0. The number of hydrogen-bond acceptors (Lipinski definition) is 5. The molecule has 1 rings (SSSR count). The highest BCUT2D eigenvalue weighted by Gasteiger charge is 2.31. The Labute approximate surface area is 97.9 Å². The number of anilines is 2. The van der Waals surface area contributed by atoms with E-state index >= 15 is 0 Å². The fourth-order valence-corrected chi connectivity index (χ4v) is 1.06. The molecule has 0 saturated carbocycles. The monoisotopic (exact) mass is 264 g/mol. The number of nitrogen functional groups attached to an aromatic ring is 1. The first-order chi connectivity index (χ1) is 8.19. The zero-order chi connectivity index (χ0) is 13.9. The van der Waals surface area contributed by atoms with Crippen molar-refractivity contribution in [3.8, 4) is 0 Å². The molecule has 0 saturated heterocycles. The Kier molecular flexibility index (Phi) is 3.69. The number of aromatic nitrogens is 1. The molecule has 0 radical (unpaired) electrons. The topological polar surface area (TPSA) is 111 Å². The summed E-state index contributed by atoms with van der Waals surface area (Å²) in [7, 11) is 0. The van der Waals surface area contributed by atoms with E-state index in [2.05, 4.69) is 4.98 Å². The molecule has 0 aliphatic heterocycles. The predicted molar refractivity (Wildman–Crippen MR) is 54.6 cm³/mol. The van der Waals surface area contributed by atoms with Crippen molar-refractivity contribution in [2.24, 2.45) is 0 Å². The van der Waals surface area contributed by atoms with Crippen LogP contribution in [0.15, 0.2) is 12.1 Å². The molecule has 1 amide bonds. The number of alkyl halides is 3. The summed E-state index contributed by atoms with van der Waals surface area (Å²) < 4.78 is 35.6. The van der Waals surface area contributed by atoms with E-state index < -0.39 is 34.9 Å². The number of rotatable bonds is 3. The van der Waals surface area contributed by atoms with Crippen LogP contribution in [0.25, 0.3) is 0 Å². The molecular weight excluding hydrogens is 257 g/mol. The lowest BCUT2D eigenvalue weighted by Gasteiger charge is -2.07. The van der Waals surface area contributed by atoms with Gasteiger partial charge in [0.1, 0.15) is 12.2 Å². The maximum Gasteiger partial charge on any atom is 0.397 e. The number of halogens is 3. The average molecular weight is 264 g/mol. The van der Waals surface area contributed by atoms with Gasteiger partial charge >= 0.3 is 11.9 Å². The fraction of sp³-hybridized carbons (Fsp3) is 0.250. The minimum Gasteiger partial charge on any atom is -0.378 e. The van der Waals surface area contributed by atoms with Gasteiger partial charge in [-0.3, -0.25) is 14.9 Å². The van der Waals surface area contributed by atoms with Crippen LogP contribution in [-0.4, -0.2) is 22.0 Å². The molecule has 98 valence electrons. The molecule has 1 aromatic heterocycles. The van der Waals surface area contributed by atoms with Crippen molar-refractivity contribution in [1.29, 1.82) is 0 Å². The molecule has 0 unspecified atom stereocenters. The van der Waals surface area contributed by atoms with Crippen LogP contribution in [-0.2, 0) is 4.79 Å². The number of nitrogens with two attached hydrogens (primary N) is 1. The third-order valence-electron chi connectivity index (χ3n) is 1.73.